The molecular formula is C29H26N6O3S. The first-order valence-corrected chi connectivity index (χ1v) is 13.6. The molecular weight excluding hydrogens is 512 g/mol. The van der Waals surface area contributed by atoms with Crippen molar-refractivity contribution in [3.63, 3.8) is 0 Å². The highest BCUT2D eigenvalue weighted by Crippen LogP contribution is 2.46. The highest BCUT2D eigenvalue weighted by molar-refractivity contribution is 7.21. The van der Waals surface area contributed by atoms with E-state index in [1.54, 1.807) is 29.6 Å². The molecule has 1 aliphatic carbocycles. The second-order valence-electron chi connectivity index (χ2n) is 9.59. The number of amides is 4. The summed E-state index contributed by atoms with van der Waals surface area (Å²) in [5, 5.41) is 9.68. The molecule has 2 aliphatic rings. The van der Waals surface area contributed by atoms with Crippen LogP contribution in [0.25, 0.3) is 21.3 Å². The first-order valence-electron chi connectivity index (χ1n) is 12.8. The Hall–Kier alpha value is -4.57. The van der Waals surface area contributed by atoms with E-state index in [4.69, 9.17) is 0 Å². The van der Waals surface area contributed by atoms with Gasteiger partial charge < -0.3 is 16.0 Å². The summed E-state index contributed by atoms with van der Waals surface area (Å²) in [7, 11) is 0. The molecule has 4 aromatic rings. The summed E-state index contributed by atoms with van der Waals surface area (Å²) in [5.74, 6) is -0.342. The van der Waals surface area contributed by atoms with Gasteiger partial charge in [0.1, 0.15) is 9.71 Å². The summed E-state index contributed by atoms with van der Waals surface area (Å²) >= 11 is 1.26. The second kappa shape index (κ2) is 10.3. The van der Waals surface area contributed by atoms with Crippen molar-refractivity contribution in [2.75, 3.05) is 16.8 Å². The van der Waals surface area contributed by atoms with Gasteiger partial charge in [0.25, 0.3) is 5.91 Å². The Morgan fingerprint density at radius 1 is 1.15 bits per heavy atom. The zero-order valence-corrected chi connectivity index (χ0v) is 21.8. The zero-order valence-electron chi connectivity index (χ0n) is 21.0. The summed E-state index contributed by atoms with van der Waals surface area (Å²) < 4.78 is 0. The normalized spacial score (nSPS) is 18.1. The average molecular weight is 539 g/mol. The number of pyridine rings is 2. The molecule has 1 fully saturated rings. The third kappa shape index (κ3) is 4.63. The van der Waals surface area contributed by atoms with Crippen LogP contribution in [0.2, 0.25) is 0 Å². The number of carbonyl (C=O) groups excluding carboxylic acids is 3. The van der Waals surface area contributed by atoms with Crippen molar-refractivity contribution in [2.24, 2.45) is 5.92 Å². The van der Waals surface area contributed by atoms with E-state index in [0.717, 1.165) is 35.8 Å². The van der Waals surface area contributed by atoms with Crippen molar-refractivity contribution in [3.8, 4) is 11.1 Å². The fourth-order valence-electron chi connectivity index (χ4n) is 5.37. The Labute approximate surface area is 229 Å². The Morgan fingerprint density at radius 3 is 2.85 bits per heavy atom. The van der Waals surface area contributed by atoms with Crippen molar-refractivity contribution in [1.82, 2.24) is 20.6 Å². The largest absolute Gasteiger partial charge is 0.352 e. The molecule has 0 bridgehead atoms. The molecule has 6 rings (SSSR count). The van der Waals surface area contributed by atoms with E-state index in [2.05, 4.69) is 32.5 Å². The molecule has 10 heteroatoms. The number of anilines is 3. The number of rotatable bonds is 7. The fraction of sp³-hybridized carbons (Fsp3) is 0.207. The van der Waals surface area contributed by atoms with Crippen molar-refractivity contribution in [2.45, 2.75) is 25.3 Å². The number of benzene rings is 1. The van der Waals surface area contributed by atoms with Crippen molar-refractivity contribution in [1.29, 1.82) is 0 Å². The van der Waals surface area contributed by atoms with E-state index < -0.39 is 0 Å². The lowest BCUT2D eigenvalue weighted by Gasteiger charge is -2.29. The van der Waals surface area contributed by atoms with Crippen LogP contribution in [0.4, 0.5) is 21.9 Å². The molecule has 3 aromatic heterocycles. The topological polar surface area (TPSA) is 116 Å². The van der Waals surface area contributed by atoms with Crippen molar-refractivity contribution in [3.05, 3.63) is 78.6 Å². The molecule has 39 heavy (non-hydrogen) atoms. The number of aromatic nitrogens is 2. The minimum absolute atomic E-state index is 0.0709. The molecule has 1 aromatic carbocycles. The van der Waals surface area contributed by atoms with Gasteiger partial charge in [0.05, 0.1) is 22.4 Å². The maximum atomic E-state index is 13.5. The fourth-order valence-corrected chi connectivity index (χ4v) is 6.39. The molecule has 1 saturated carbocycles. The molecule has 2 atom stereocenters. The van der Waals surface area contributed by atoms with E-state index in [-0.39, 0.29) is 29.8 Å². The number of hydrogen-bond donors (Lipinski definition) is 3. The minimum Gasteiger partial charge on any atom is -0.352 e. The molecule has 4 amide bonds. The number of urea groups is 1. The van der Waals surface area contributed by atoms with Gasteiger partial charge in [0.2, 0.25) is 5.91 Å². The third-order valence-corrected chi connectivity index (χ3v) is 8.35. The van der Waals surface area contributed by atoms with Crippen LogP contribution in [0.3, 0.4) is 0 Å². The van der Waals surface area contributed by atoms with Crippen LogP contribution in [0.1, 0.15) is 28.9 Å². The average Bonchev–Trinajstić information content (AvgIpc) is 3.57. The van der Waals surface area contributed by atoms with Gasteiger partial charge in [-0.25, -0.2) is 9.78 Å². The van der Waals surface area contributed by atoms with Crippen molar-refractivity contribution < 1.29 is 14.4 Å². The van der Waals surface area contributed by atoms with Crippen LogP contribution < -0.4 is 20.9 Å². The van der Waals surface area contributed by atoms with E-state index >= 15 is 0 Å². The number of nitrogens with zero attached hydrogens (tertiary/aromatic N) is 3. The van der Waals surface area contributed by atoms with Crippen LogP contribution in [0, 0.1) is 5.92 Å². The second-order valence-corrected chi connectivity index (χ2v) is 10.6. The van der Waals surface area contributed by atoms with E-state index in [1.165, 1.54) is 17.4 Å². The SMILES string of the molecule is C=CC(=O)NC[C@H]1CCC[C@H]1NC(=O)c1sc2nccc3c2c1NC(=O)N3c1cccc(-c2cccnc2)c1. The molecule has 3 N–H and O–H groups in total. The number of hydrogen-bond acceptors (Lipinski definition) is 6. The lowest BCUT2D eigenvalue weighted by molar-refractivity contribution is -0.116. The number of thiophene rings is 1. The van der Waals surface area contributed by atoms with Gasteiger partial charge in [-0.05, 0) is 54.7 Å². The van der Waals surface area contributed by atoms with Crippen LogP contribution in [0.5, 0.6) is 0 Å². The molecule has 4 heterocycles. The summed E-state index contributed by atoms with van der Waals surface area (Å²) in [4.78, 5) is 50.0. The van der Waals surface area contributed by atoms with Gasteiger partial charge in [-0.2, -0.15) is 0 Å². The summed E-state index contributed by atoms with van der Waals surface area (Å²) in [6, 6.07) is 12.9. The van der Waals surface area contributed by atoms with Gasteiger partial charge in [-0.15, -0.1) is 11.3 Å². The van der Waals surface area contributed by atoms with Gasteiger partial charge in [-0.1, -0.05) is 31.2 Å². The molecule has 0 unspecified atom stereocenters. The zero-order chi connectivity index (χ0) is 26.9. The van der Waals surface area contributed by atoms with Crippen LogP contribution >= 0.6 is 11.3 Å². The smallest absolute Gasteiger partial charge is 0.331 e. The predicted molar refractivity (Wildman–Crippen MR) is 152 cm³/mol. The Morgan fingerprint density at radius 2 is 2.03 bits per heavy atom. The summed E-state index contributed by atoms with van der Waals surface area (Å²) in [6.07, 6.45) is 9.12. The van der Waals surface area contributed by atoms with Crippen LogP contribution in [0.15, 0.2) is 73.7 Å². The Kier molecular flexibility index (Phi) is 6.54. The molecule has 0 saturated heterocycles. The van der Waals surface area contributed by atoms with Gasteiger partial charge in [0.15, 0.2) is 0 Å². The molecule has 9 nitrogen and oxygen atoms in total. The van der Waals surface area contributed by atoms with E-state index in [0.29, 0.717) is 33.3 Å². The molecule has 0 spiro atoms. The van der Waals surface area contributed by atoms with Gasteiger partial charge >= 0.3 is 6.03 Å². The third-order valence-electron chi connectivity index (χ3n) is 7.25. The van der Waals surface area contributed by atoms with Crippen molar-refractivity contribution >= 4 is 56.5 Å². The quantitative estimate of drug-likeness (QED) is 0.278. The predicted octanol–water partition coefficient (Wildman–Crippen LogP) is 5.24. The maximum absolute atomic E-state index is 13.5. The highest BCUT2D eigenvalue weighted by Gasteiger charge is 2.35. The first-order chi connectivity index (χ1) is 19.0. The molecule has 0 radical (unpaired) electrons. The first kappa shape index (κ1) is 24.7. The molecule has 196 valence electrons. The van der Waals surface area contributed by atoms with Crippen LogP contribution in [-0.2, 0) is 4.79 Å². The highest BCUT2D eigenvalue weighted by atomic mass is 32.1. The Balaban J connectivity index is 1.31. The van der Waals surface area contributed by atoms with E-state index in [9.17, 15) is 14.4 Å². The van der Waals surface area contributed by atoms with E-state index in [1.807, 2.05) is 36.4 Å². The lowest BCUT2D eigenvalue weighted by atomic mass is 10.0. The lowest BCUT2D eigenvalue weighted by Crippen LogP contribution is -2.42. The summed E-state index contributed by atoms with van der Waals surface area (Å²) in [6.45, 7) is 3.96. The van der Waals surface area contributed by atoms with Gasteiger partial charge in [0, 0.05) is 36.7 Å². The monoisotopic (exact) mass is 538 g/mol. The maximum Gasteiger partial charge on any atom is 0.331 e. The number of carbonyl (C=O) groups is 3. The van der Waals surface area contributed by atoms with Gasteiger partial charge in [-0.3, -0.25) is 19.5 Å². The Bertz CT molecular complexity index is 1600. The molecule has 1 aliphatic heterocycles. The minimum atomic E-state index is -0.350. The standard InChI is InChI=1S/C29H26N6O3S/c1-2-23(36)32-16-19-7-4-10-21(19)33-27(37)26-25-24-22(11-13-31-28(24)39-26)35(29(38)34-25)20-9-3-6-17(14-20)18-8-5-12-30-15-18/h2-3,5-6,8-9,11-15,19,21H,1,4,7,10,16H2,(H,32,36)(H,33,37)(H,34,38)/t19-,21-/m1/s1. The van der Waals surface area contributed by atoms with Crippen LogP contribution in [-0.4, -0.2) is 40.4 Å². The summed E-state index contributed by atoms with van der Waals surface area (Å²) in [5.41, 5.74) is 3.73. The number of nitrogens with one attached hydrogen (secondary N) is 3.